The molecule has 0 aromatic rings. The van der Waals surface area contributed by atoms with Gasteiger partial charge in [0.2, 0.25) is 0 Å². The summed E-state index contributed by atoms with van der Waals surface area (Å²) >= 11 is 0. The van der Waals surface area contributed by atoms with Crippen molar-refractivity contribution in [3.63, 3.8) is 0 Å². The van der Waals surface area contributed by atoms with Gasteiger partial charge in [0, 0.05) is 17.3 Å². The monoisotopic (exact) mass is 154 g/mol. The first-order valence-corrected chi connectivity index (χ1v) is 3.70. The average molecular weight is 154 g/mol. The predicted molar refractivity (Wildman–Crippen MR) is 44.3 cm³/mol. The van der Waals surface area contributed by atoms with Gasteiger partial charge in [0.15, 0.2) is 0 Å². The third kappa shape index (κ3) is 1.98. The van der Waals surface area contributed by atoms with E-state index in [0.717, 1.165) is 17.8 Å². The van der Waals surface area contributed by atoms with Gasteiger partial charge in [-0.15, -0.1) is 0 Å². The molecule has 3 nitrogen and oxygen atoms in total. The van der Waals surface area contributed by atoms with Crippen LogP contribution in [-0.2, 0) is 4.84 Å². The molecule has 0 aliphatic heterocycles. The summed E-state index contributed by atoms with van der Waals surface area (Å²) in [5.74, 6) is 0.474. The van der Waals surface area contributed by atoms with E-state index < -0.39 is 0 Å². The fraction of sp³-hybridized carbons (Fsp3) is 0.500. The number of rotatable bonds is 2. The highest BCUT2D eigenvalue weighted by atomic mass is 16.6. The minimum Gasteiger partial charge on any atom is -0.399 e. The fourth-order valence-electron chi connectivity index (χ4n) is 1.07. The Labute approximate surface area is 66.9 Å². The van der Waals surface area contributed by atoms with Crippen LogP contribution < -0.4 is 11.2 Å². The molecule has 0 spiro atoms. The van der Waals surface area contributed by atoms with Crippen LogP contribution >= 0.6 is 0 Å². The molecular weight excluding hydrogens is 140 g/mol. The van der Waals surface area contributed by atoms with Crippen molar-refractivity contribution in [3.05, 3.63) is 23.5 Å². The summed E-state index contributed by atoms with van der Waals surface area (Å²) in [4.78, 5) is 4.80. The molecule has 1 atom stereocenters. The van der Waals surface area contributed by atoms with Crippen molar-refractivity contribution in [1.29, 1.82) is 0 Å². The highest BCUT2D eigenvalue weighted by Crippen LogP contribution is 2.18. The Hall–Kier alpha value is -0.960. The van der Waals surface area contributed by atoms with Crippen LogP contribution in [0.2, 0.25) is 0 Å². The van der Waals surface area contributed by atoms with Crippen molar-refractivity contribution in [2.45, 2.75) is 13.3 Å². The third-order valence-electron chi connectivity index (χ3n) is 1.78. The lowest BCUT2D eigenvalue weighted by Gasteiger charge is -2.18. The number of hydroxylamine groups is 1. The van der Waals surface area contributed by atoms with Gasteiger partial charge in [0.1, 0.15) is 0 Å². The number of hydrogen-bond donors (Lipinski definition) is 2. The van der Waals surface area contributed by atoms with Crippen molar-refractivity contribution >= 4 is 0 Å². The first kappa shape index (κ1) is 8.14. The van der Waals surface area contributed by atoms with Crippen molar-refractivity contribution in [1.82, 2.24) is 5.48 Å². The second kappa shape index (κ2) is 3.44. The highest BCUT2D eigenvalue weighted by Gasteiger charge is 2.11. The normalized spacial score (nSPS) is 24.0. The van der Waals surface area contributed by atoms with Crippen LogP contribution in [0.25, 0.3) is 0 Å². The zero-order valence-corrected chi connectivity index (χ0v) is 6.92. The summed E-state index contributed by atoms with van der Waals surface area (Å²) in [7, 11) is 1.60. The summed E-state index contributed by atoms with van der Waals surface area (Å²) in [6.07, 6.45) is 4.90. The fourth-order valence-corrected chi connectivity index (χ4v) is 1.07. The van der Waals surface area contributed by atoms with Crippen LogP contribution in [0.3, 0.4) is 0 Å². The largest absolute Gasteiger partial charge is 0.399 e. The Morgan fingerprint density at radius 1 is 1.73 bits per heavy atom. The molecule has 0 radical (unpaired) electrons. The SMILES string of the molecule is CONC1=CC(N)=CCC1C. The molecule has 1 unspecified atom stereocenters. The number of allylic oxidation sites excluding steroid dienone is 3. The van der Waals surface area contributed by atoms with Crippen LogP contribution in [0.5, 0.6) is 0 Å². The third-order valence-corrected chi connectivity index (χ3v) is 1.78. The molecule has 3 N–H and O–H groups in total. The molecule has 62 valence electrons. The second-order valence-corrected chi connectivity index (χ2v) is 2.75. The molecule has 1 aliphatic rings. The minimum absolute atomic E-state index is 0.474. The first-order chi connectivity index (χ1) is 5.24. The molecule has 0 aromatic carbocycles. The summed E-state index contributed by atoms with van der Waals surface area (Å²) in [6, 6.07) is 0. The van der Waals surface area contributed by atoms with Gasteiger partial charge in [0.05, 0.1) is 7.11 Å². The van der Waals surface area contributed by atoms with Crippen LogP contribution in [0.1, 0.15) is 13.3 Å². The molecule has 0 amide bonds. The van der Waals surface area contributed by atoms with Gasteiger partial charge in [0.25, 0.3) is 0 Å². The highest BCUT2D eigenvalue weighted by molar-refractivity contribution is 5.25. The number of hydrogen-bond acceptors (Lipinski definition) is 3. The van der Waals surface area contributed by atoms with Gasteiger partial charge in [-0.2, -0.15) is 0 Å². The van der Waals surface area contributed by atoms with Crippen LogP contribution in [0.4, 0.5) is 0 Å². The van der Waals surface area contributed by atoms with Gasteiger partial charge in [-0.05, 0) is 12.5 Å². The summed E-state index contributed by atoms with van der Waals surface area (Å²) in [5, 5.41) is 0. The second-order valence-electron chi connectivity index (χ2n) is 2.75. The van der Waals surface area contributed by atoms with Gasteiger partial charge in [-0.1, -0.05) is 13.0 Å². The molecule has 11 heavy (non-hydrogen) atoms. The molecular formula is C8H14N2O. The van der Waals surface area contributed by atoms with Crippen LogP contribution in [-0.4, -0.2) is 7.11 Å². The maximum atomic E-state index is 5.61. The Morgan fingerprint density at radius 3 is 3.09 bits per heavy atom. The molecule has 0 aromatic heterocycles. The Bertz CT molecular complexity index is 196. The quantitative estimate of drug-likeness (QED) is 0.581. The molecule has 1 rings (SSSR count). The van der Waals surface area contributed by atoms with E-state index >= 15 is 0 Å². The first-order valence-electron chi connectivity index (χ1n) is 3.70. The van der Waals surface area contributed by atoms with E-state index in [0.29, 0.717) is 5.92 Å². The molecule has 0 fully saturated rings. The van der Waals surface area contributed by atoms with E-state index in [1.807, 2.05) is 12.2 Å². The van der Waals surface area contributed by atoms with Gasteiger partial charge in [-0.25, -0.2) is 0 Å². The Kier molecular flexibility index (Phi) is 2.54. The topological polar surface area (TPSA) is 47.3 Å². The van der Waals surface area contributed by atoms with E-state index in [9.17, 15) is 0 Å². The molecule has 3 heteroatoms. The van der Waals surface area contributed by atoms with Crippen LogP contribution in [0.15, 0.2) is 23.5 Å². The summed E-state index contributed by atoms with van der Waals surface area (Å²) in [6.45, 7) is 2.13. The molecule has 0 saturated heterocycles. The van der Waals surface area contributed by atoms with Crippen LogP contribution in [0, 0.1) is 5.92 Å². The van der Waals surface area contributed by atoms with E-state index in [1.165, 1.54) is 0 Å². The summed E-state index contributed by atoms with van der Waals surface area (Å²) < 4.78 is 0. The molecule has 1 aliphatic carbocycles. The molecule has 0 bridgehead atoms. The average Bonchev–Trinajstić information content (AvgIpc) is 1.98. The van der Waals surface area contributed by atoms with E-state index in [2.05, 4.69) is 12.4 Å². The number of nitrogens with one attached hydrogen (secondary N) is 1. The van der Waals surface area contributed by atoms with Gasteiger partial charge < -0.3 is 5.73 Å². The standard InChI is InChI=1S/C8H14N2O/c1-6-3-4-7(9)5-8(6)10-11-2/h4-6,10H,3,9H2,1-2H3. The maximum absolute atomic E-state index is 5.61. The van der Waals surface area contributed by atoms with E-state index in [4.69, 9.17) is 10.6 Å². The van der Waals surface area contributed by atoms with Gasteiger partial charge >= 0.3 is 0 Å². The molecule has 0 saturated carbocycles. The van der Waals surface area contributed by atoms with Crippen molar-refractivity contribution in [2.24, 2.45) is 11.7 Å². The van der Waals surface area contributed by atoms with Gasteiger partial charge in [-0.3, -0.25) is 10.3 Å². The van der Waals surface area contributed by atoms with Crippen molar-refractivity contribution < 1.29 is 4.84 Å². The van der Waals surface area contributed by atoms with Crippen molar-refractivity contribution in [3.8, 4) is 0 Å². The van der Waals surface area contributed by atoms with E-state index in [-0.39, 0.29) is 0 Å². The number of nitrogens with two attached hydrogens (primary N) is 1. The zero-order chi connectivity index (χ0) is 8.27. The smallest absolute Gasteiger partial charge is 0.0636 e. The van der Waals surface area contributed by atoms with Crippen molar-refractivity contribution in [2.75, 3.05) is 7.11 Å². The minimum atomic E-state index is 0.474. The lowest BCUT2D eigenvalue weighted by molar-refractivity contribution is 0.108. The predicted octanol–water partition coefficient (Wildman–Crippen LogP) is 0.904. The molecule has 0 heterocycles. The Balaban J connectivity index is 2.64. The maximum Gasteiger partial charge on any atom is 0.0636 e. The lowest BCUT2D eigenvalue weighted by Crippen LogP contribution is -2.20. The van der Waals surface area contributed by atoms with E-state index in [1.54, 1.807) is 7.11 Å². The zero-order valence-electron chi connectivity index (χ0n) is 6.92. The Morgan fingerprint density at radius 2 is 2.45 bits per heavy atom. The lowest BCUT2D eigenvalue weighted by atomic mass is 9.98. The summed E-state index contributed by atoms with van der Waals surface area (Å²) in [5.41, 5.74) is 10.3.